The maximum atomic E-state index is 13.0. The van der Waals surface area contributed by atoms with Crippen LogP contribution in [0, 0.1) is 12.3 Å². The fourth-order valence-corrected chi connectivity index (χ4v) is 2.74. The molecular formula is C19H24N4O4. The molecule has 2 rings (SSSR count). The number of ether oxygens (including phenoxy) is 1. The van der Waals surface area contributed by atoms with Gasteiger partial charge in [0.2, 0.25) is 0 Å². The van der Waals surface area contributed by atoms with E-state index in [0.717, 1.165) is 10.1 Å². The van der Waals surface area contributed by atoms with Gasteiger partial charge in [-0.3, -0.25) is 18.5 Å². The van der Waals surface area contributed by atoms with Gasteiger partial charge in [0.1, 0.15) is 0 Å². The van der Waals surface area contributed by atoms with Crippen molar-refractivity contribution in [1.82, 2.24) is 18.7 Å². The molecule has 2 aromatic rings. The predicted molar refractivity (Wildman–Crippen MR) is 104 cm³/mol. The van der Waals surface area contributed by atoms with E-state index < -0.39 is 11.2 Å². The first-order chi connectivity index (χ1) is 13.0. The highest BCUT2D eigenvalue weighted by atomic mass is 16.5. The average Bonchev–Trinajstić information content (AvgIpc) is 3.02. The zero-order valence-electron chi connectivity index (χ0n) is 15.8. The third-order valence-corrected chi connectivity index (χ3v) is 4.12. The molecule has 0 aliphatic rings. The Kier molecular flexibility index (Phi) is 6.79. The molecular weight excluding hydrogens is 348 g/mol. The lowest BCUT2D eigenvalue weighted by Crippen LogP contribution is -2.39. The number of terminal acetylenes is 1. The van der Waals surface area contributed by atoms with Gasteiger partial charge in [0.05, 0.1) is 13.2 Å². The second-order valence-electron chi connectivity index (χ2n) is 5.82. The molecule has 2 heterocycles. The maximum Gasteiger partial charge on any atom is 0.332 e. The van der Waals surface area contributed by atoms with Crippen LogP contribution in [0.15, 0.2) is 33.4 Å². The molecule has 0 aliphatic carbocycles. The van der Waals surface area contributed by atoms with Gasteiger partial charge in [-0.25, -0.2) is 4.79 Å². The van der Waals surface area contributed by atoms with E-state index in [0.29, 0.717) is 19.6 Å². The van der Waals surface area contributed by atoms with Gasteiger partial charge < -0.3 is 9.84 Å². The summed E-state index contributed by atoms with van der Waals surface area (Å²) in [5.74, 6) is 2.44. The summed E-state index contributed by atoms with van der Waals surface area (Å²) in [5.41, 5.74) is 0.448. The number of nitrogens with zero attached hydrogens (tertiary/aromatic N) is 4. The summed E-state index contributed by atoms with van der Waals surface area (Å²) in [7, 11) is 1.56. The zero-order valence-corrected chi connectivity index (χ0v) is 15.8. The number of hydrogen-bond acceptors (Lipinski definition) is 5. The van der Waals surface area contributed by atoms with Crippen molar-refractivity contribution in [2.75, 3.05) is 13.2 Å². The predicted octanol–water partition coefficient (Wildman–Crippen LogP) is 0.813. The summed E-state index contributed by atoms with van der Waals surface area (Å²) in [4.78, 5) is 29.9. The van der Waals surface area contributed by atoms with Crippen molar-refractivity contribution in [3.63, 3.8) is 0 Å². The Morgan fingerprint density at radius 2 is 2.11 bits per heavy atom. The van der Waals surface area contributed by atoms with Crippen LogP contribution in [0.1, 0.15) is 20.3 Å². The normalized spacial score (nSPS) is 12.0. The van der Waals surface area contributed by atoms with E-state index in [9.17, 15) is 9.59 Å². The monoisotopic (exact) mass is 372 g/mol. The molecule has 8 heteroatoms. The van der Waals surface area contributed by atoms with E-state index in [1.54, 1.807) is 23.8 Å². The van der Waals surface area contributed by atoms with Gasteiger partial charge in [-0.2, -0.15) is 4.98 Å². The molecule has 1 N–H and O–H groups in total. The molecule has 0 atom stereocenters. The number of allylic oxidation sites excluding steroid dienone is 4. The molecule has 0 radical (unpaired) electrons. The molecule has 144 valence electrons. The Balaban J connectivity index is 2.77. The Morgan fingerprint density at radius 1 is 1.37 bits per heavy atom. The fourth-order valence-electron chi connectivity index (χ4n) is 2.74. The summed E-state index contributed by atoms with van der Waals surface area (Å²) in [6, 6.07) is 0.257. The van der Waals surface area contributed by atoms with Gasteiger partial charge in [-0.15, -0.1) is 6.42 Å². The number of aliphatic hydroxyl groups is 1. The summed E-state index contributed by atoms with van der Waals surface area (Å²) in [5, 5.41) is 9.06. The SMILES string of the molecule is C#C/C=C\C(=C/C)Cn1c(OCC)nc2c1c(=O)n(CCCO)c(=O)n2C. The van der Waals surface area contributed by atoms with Crippen molar-refractivity contribution >= 4 is 11.2 Å². The van der Waals surface area contributed by atoms with Crippen LogP contribution in [0.3, 0.4) is 0 Å². The Morgan fingerprint density at radius 3 is 2.70 bits per heavy atom. The van der Waals surface area contributed by atoms with E-state index in [1.807, 2.05) is 19.9 Å². The highest BCUT2D eigenvalue weighted by Gasteiger charge is 2.21. The van der Waals surface area contributed by atoms with Crippen molar-refractivity contribution in [2.24, 2.45) is 7.05 Å². The van der Waals surface area contributed by atoms with Gasteiger partial charge in [0.25, 0.3) is 11.6 Å². The topological polar surface area (TPSA) is 91.3 Å². The lowest BCUT2D eigenvalue weighted by molar-refractivity contribution is 0.277. The van der Waals surface area contributed by atoms with Gasteiger partial charge in [-0.05, 0) is 38.0 Å². The molecule has 0 fully saturated rings. The fraction of sp³-hybridized carbons (Fsp3) is 0.421. The first-order valence-electron chi connectivity index (χ1n) is 8.71. The van der Waals surface area contributed by atoms with Crippen LogP contribution in [0.2, 0.25) is 0 Å². The van der Waals surface area contributed by atoms with E-state index in [4.69, 9.17) is 16.3 Å². The molecule has 8 nitrogen and oxygen atoms in total. The molecule has 0 amide bonds. The van der Waals surface area contributed by atoms with Crippen LogP contribution in [0.25, 0.3) is 11.2 Å². The minimum Gasteiger partial charge on any atom is -0.465 e. The second-order valence-corrected chi connectivity index (χ2v) is 5.82. The highest BCUT2D eigenvalue weighted by molar-refractivity contribution is 5.72. The van der Waals surface area contributed by atoms with Crippen molar-refractivity contribution in [2.45, 2.75) is 33.4 Å². The first kappa shape index (κ1) is 20.3. The molecule has 0 unspecified atom stereocenters. The van der Waals surface area contributed by atoms with E-state index >= 15 is 0 Å². The third-order valence-electron chi connectivity index (χ3n) is 4.12. The molecule has 0 aromatic carbocycles. The standard InChI is InChI=1S/C19H24N4O4/c1-5-8-10-14(6-2)13-23-15-16(20-18(23)27-7-3)21(4)19(26)22(17(15)25)11-9-12-24/h1,6,8,10,24H,7,9,11-13H2,2-4H3/b10-8-,14-6+. The highest BCUT2D eigenvalue weighted by Crippen LogP contribution is 2.20. The molecule has 0 saturated carbocycles. The molecule has 0 aliphatic heterocycles. The van der Waals surface area contributed by atoms with Crippen molar-refractivity contribution in [3.05, 3.63) is 44.6 Å². The van der Waals surface area contributed by atoms with E-state index in [1.165, 1.54) is 4.57 Å². The maximum absolute atomic E-state index is 13.0. The number of aromatic nitrogens is 4. The Hall–Kier alpha value is -3.05. The number of aliphatic hydroxyl groups excluding tert-OH is 1. The van der Waals surface area contributed by atoms with Crippen LogP contribution in [-0.2, 0) is 20.1 Å². The van der Waals surface area contributed by atoms with E-state index in [2.05, 4.69) is 10.9 Å². The lowest BCUT2D eigenvalue weighted by Gasteiger charge is -2.11. The van der Waals surface area contributed by atoms with Crippen molar-refractivity contribution in [3.8, 4) is 18.4 Å². The van der Waals surface area contributed by atoms with Crippen LogP contribution < -0.4 is 16.0 Å². The molecule has 2 aromatic heterocycles. The van der Waals surface area contributed by atoms with Crippen LogP contribution >= 0.6 is 0 Å². The van der Waals surface area contributed by atoms with Crippen LogP contribution in [0.4, 0.5) is 0 Å². The number of fused-ring (bicyclic) bond motifs is 1. The smallest absolute Gasteiger partial charge is 0.332 e. The van der Waals surface area contributed by atoms with Gasteiger partial charge >= 0.3 is 5.69 Å². The molecule has 0 saturated heterocycles. The summed E-state index contributed by atoms with van der Waals surface area (Å²) in [6.45, 7) is 4.37. The molecule has 27 heavy (non-hydrogen) atoms. The Labute approximate surface area is 157 Å². The molecule has 0 bridgehead atoms. The van der Waals surface area contributed by atoms with Crippen molar-refractivity contribution < 1.29 is 9.84 Å². The van der Waals surface area contributed by atoms with Gasteiger partial charge in [0, 0.05) is 20.2 Å². The minimum absolute atomic E-state index is 0.114. The number of rotatable bonds is 8. The van der Waals surface area contributed by atoms with Gasteiger partial charge in [-0.1, -0.05) is 12.0 Å². The van der Waals surface area contributed by atoms with Crippen LogP contribution in [0.5, 0.6) is 6.01 Å². The number of imidazole rings is 1. The van der Waals surface area contributed by atoms with Gasteiger partial charge in [0.15, 0.2) is 11.2 Å². The minimum atomic E-state index is -0.480. The lowest BCUT2D eigenvalue weighted by atomic mass is 10.2. The first-order valence-corrected chi connectivity index (χ1v) is 8.71. The third kappa shape index (κ3) is 4.04. The van der Waals surface area contributed by atoms with E-state index in [-0.39, 0.29) is 30.3 Å². The summed E-state index contributed by atoms with van der Waals surface area (Å²) < 4.78 is 9.67. The quantitative estimate of drug-likeness (QED) is 0.547. The number of aryl methyl sites for hydroxylation is 1. The summed E-state index contributed by atoms with van der Waals surface area (Å²) in [6.07, 6.45) is 10.8. The van der Waals surface area contributed by atoms with Crippen LogP contribution in [-0.4, -0.2) is 37.0 Å². The largest absolute Gasteiger partial charge is 0.465 e. The average molecular weight is 372 g/mol. The zero-order chi connectivity index (χ0) is 20.0. The van der Waals surface area contributed by atoms with Crippen molar-refractivity contribution in [1.29, 1.82) is 0 Å². The number of hydrogen-bond donors (Lipinski definition) is 1. The second kappa shape index (κ2) is 9.05. The Bertz CT molecular complexity index is 1030. The summed E-state index contributed by atoms with van der Waals surface area (Å²) >= 11 is 0. The molecule has 0 spiro atoms.